The molecule has 37 heavy (non-hydrogen) atoms. The van der Waals surface area contributed by atoms with Crippen LogP contribution in [0.5, 0.6) is 0 Å². The van der Waals surface area contributed by atoms with Crippen LogP contribution in [0.1, 0.15) is 11.1 Å². The lowest BCUT2D eigenvalue weighted by molar-refractivity contribution is -0.129. The summed E-state index contributed by atoms with van der Waals surface area (Å²) >= 11 is 5.45. The Kier molecular flexibility index (Phi) is 7.60. The van der Waals surface area contributed by atoms with E-state index in [0.717, 1.165) is 37.0 Å². The summed E-state index contributed by atoms with van der Waals surface area (Å²) < 4.78 is 2.99. The molecule has 0 aromatic heterocycles. The molecule has 0 N–H and O–H groups in total. The third-order valence-electron chi connectivity index (χ3n) is 5.47. The number of carbonyl (C=O) groups is 3. The average Bonchev–Trinajstić information content (AvgIpc) is 2.94. The van der Waals surface area contributed by atoms with E-state index in [1.54, 1.807) is 0 Å². The summed E-state index contributed by atoms with van der Waals surface area (Å²) in [6.45, 7) is 0. The quantitative estimate of drug-likeness (QED) is 0.133. The molecule has 0 saturated carbocycles. The summed E-state index contributed by atoms with van der Waals surface area (Å²) in [7, 11) is 0. The van der Waals surface area contributed by atoms with E-state index in [1.165, 1.54) is 0 Å². The van der Waals surface area contributed by atoms with Crippen molar-refractivity contribution in [3.63, 3.8) is 0 Å². The third-order valence-corrected chi connectivity index (χ3v) is 7.97. The molecule has 1 fully saturated rings. The molecule has 0 bridgehead atoms. The summed E-state index contributed by atoms with van der Waals surface area (Å²) in [5.74, 6) is -1.31. The maximum absolute atomic E-state index is 14.0. The molecule has 0 atom stereocenters. The first-order chi connectivity index (χ1) is 18.0. The van der Waals surface area contributed by atoms with Crippen LogP contribution >= 0.6 is 39.8 Å². The molecule has 8 heteroatoms. The molecule has 5 nitrogen and oxygen atoms in total. The lowest BCUT2D eigenvalue weighted by Gasteiger charge is -2.33. The number of amides is 4. The lowest BCUT2D eigenvalue weighted by Crippen LogP contribution is -2.51. The Bertz CT molecular complexity index is 1410. The van der Waals surface area contributed by atoms with E-state index in [0.29, 0.717) is 26.5 Å². The van der Waals surface area contributed by atoms with Crippen LogP contribution < -0.4 is 0 Å². The smallest absolute Gasteiger partial charge is 0.267 e. The van der Waals surface area contributed by atoms with Gasteiger partial charge in [0, 0.05) is 19.8 Å². The zero-order valence-corrected chi connectivity index (χ0v) is 22.5. The minimum atomic E-state index is -0.704. The highest BCUT2D eigenvalue weighted by atomic mass is 79.9. The molecular formula is C29H19BrN2O3S2. The van der Waals surface area contributed by atoms with E-state index in [-0.39, 0.29) is 5.57 Å². The van der Waals surface area contributed by atoms with Crippen LogP contribution in [0, 0.1) is 0 Å². The second-order valence-corrected chi connectivity index (χ2v) is 10.9. The number of imide groups is 2. The van der Waals surface area contributed by atoms with Gasteiger partial charge in [0.05, 0.1) is 0 Å². The van der Waals surface area contributed by atoms with Gasteiger partial charge < -0.3 is 0 Å². The Hall–Kier alpha value is -3.59. The Balaban J connectivity index is 1.70. The molecule has 1 aliphatic rings. The van der Waals surface area contributed by atoms with Crippen LogP contribution in [0.15, 0.2) is 135 Å². The predicted octanol–water partition coefficient (Wildman–Crippen LogP) is 7.46. The van der Waals surface area contributed by atoms with Crippen molar-refractivity contribution < 1.29 is 14.4 Å². The van der Waals surface area contributed by atoms with Gasteiger partial charge in [-0.15, -0.1) is 0 Å². The van der Waals surface area contributed by atoms with Gasteiger partial charge in [-0.1, -0.05) is 94.8 Å². The number of nitrogens with zero attached hydrogens (tertiary/aromatic N) is 2. The normalized spacial score (nSPS) is 13.8. The fraction of sp³-hybridized carbons (Fsp3) is 0. The number of halogens is 1. The van der Waals surface area contributed by atoms with Gasteiger partial charge in [-0.2, -0.15) is 8.61 Å². The van der Waals surface area contributed by atoms with Crippen molar-refractivity contribution in [1.82, 2.24) is 8.61 Å². The highest BCUT2D eigenvalue weighted by molar-refractivity contribution is 9.10. The number of rotatable bonds is 6. The van der Waals surface area contributed by atoms with E-state index in [1.807, 2.05) is 115 Å². The molecule has 0 unspecified atom stereocenters. The first-order valence-electron chi connectivity index (χ1n) is 11.3. The number of benzene rings is 4. The number of carbonyl (C=O) groups excluding carboxylic acids is 3. The topological polar surface area (TPSA) is 57.7 Å². The van der Waals surface area contributed by atoms with Gasteiger partial charge in [0.1, 0.15) is 5.57 Å². The largest absolute Gasteiger partial charge is 0.355 e. The molecule has 1 heterocycles. The van der Waals surface area contributed by atoms with Gasteiger partial charge in [0.15, 0.2) is 0 Å². The van der Waals surface area contributed by atoms with Crippen molar-refractivity contribution in [3.05, 3.63) is 136 Å². The average molecular weight is 588 g/mol. The molecule has 4 aromatic rings. The Morgan fingerprint density at radius 2 is 0.946 bits per heavy atom. The van der Waals surface area contributed by atoms with E-state index in [2.05, 4.69) is 15.9 Å². The Labute approximate surface area is 231 Å². The van der Waals surface area contributed by atoms with Crippen molar-refractivity contribution in [2.45, 2.75) is 9.79 Å². The molecule has 0 radical (unpaired) electrons. The van der Waals surface area contributed by atoms with E-state index < -0.39 is 17.8 Å². The van der Waals surface area contributed by atoms with Crippen molar-refractivity contribution in [3.8, 4) is 0 Å². The van der Waals surface area contributed by atoms with Crippen LogP contribution in [-0.4, -0.2) is 26.5 Å². The monoisotopic (exact) mass is 586 g/mol. The molecule has 182 valence electrons. The first-order valence-corrected chi connectivity index (χ1v) is 13.6. The lowest BCUT2D eigenvalue weighted by atomic mass is 9.91. The minimum absolute atomic E-state index is 0.0695. The van der Waals surface area contributed by atoms with E-state index >= 15 is 0 Å². The van der Waals surface area contributed by atoms with Crippen molar-refractivity contribution in [1.29, 1.82) is 0 Å². The highest BCUT2D eigenvalue weighted by Crippen LogP contribution is 2.39. The first kappa shape index (κ1) is 25.1. The molecule has 1 saturated heterocycles. The second-order valence-electron chi connectivity index (χ2n) is 7.91. The summed E-state index contributed by atoms with van der Waals surface area (Å²) in [6, 6.07) is 34.3. The van der Waals surface area contributed by atoms with Crippen molar-refractivity contribution >= 4 is 63.2 Å². The number of hydrogen-bond acceptors (Lipinski definition) is 5. The number of urea groups is 1. The van der Waals surface area contributed by atoms with Crippen molar-refractivity contribution in [2.24, 2.45) is 0 Å². The van der Waals surface area contributed by atoms with Crippen molar-refractivity contribution in [2.75, 3.05) is 0 Å². The SMILES string of the molecule is O=C1C(=C(c2ccccc2)c2ccc(Br)cc2)C(=O)N(Sc2ccccc2)C(=O)N1Sc1ccccc1. The number of hydrogen-bond donors (Lipinski definition) is 0. The van der Waals surface area contributed by atoms with Crippen LogP contribution in [0.3, 0.4) is 0 Å². The standard InChI is InChI=1S/C29H19BrN2O3S2/c30-22-18-16-21(17-19-22)25(20-10-4-1-5-11-20)26-27(33)31(36-23-12-6-2-7-13-23)29(35)32(28(26)34)37-24-14-8-3-9-15-24/h1-19H. The minimum Gasteiger partial charge on any atom is -0.267 e. The summed E-state index contributed by atoms with van der Waals surface area (Å²) in [6.07, 6.45) is 0. The van der Waals surface area contributed by atoms with E-state index in [4.69, 9.17) is 0 Å². The highest BCUT2D eigenvalue weighted by Gasteiger charge is 2.45. The predicted molar refractivity (Wildman–Crippen MR) is 150 cm³/mol. The van der Waals surface area contributed by atoms with E-state index in [9.17, 15) is 14.4 Å². The molecule has 0 aliphatic carbocycles. The van der Waals surface area contributed by atoms with Gasteiger partial charge in [0.2, 0.25) is 0 Å². The zero-order chi connectivity index (χ0) is 25.8. The maximum Gasteiger partial charge on any atom is 0.355 e. The van der Waals surface area contributed by atoms with Gasteiger partial charge in [-0.25, -0.2) is 4.79 Å². The Morgan fingerprint density at radius 1 is 0.541 bits per heavy atom. The number of barbiturate groups is 1. The zero-order valence-electron chi connectivity index (χ0n) is 19.3. The second kappa shape index (κ2) is 11.2. The van der Waals surface area contributed by atoms with Crippen LogP contribution in [0.2, 0.25) is 0 Å². The van der Waals surface area contributed by atoms with Gasteiger partial charge >= 0.3 is 6.03 Å². The molecule has 4 amide bonds. The third kappa shape index (κ3) is 5.41. The van der Waals surface area contributed by atoms with Crippen LogP contribution in [0.25, 0.3) is 5.57 Å². The molecule has 5 rings (SSSR count). The van der Waals surface area contributed by atoms with Gasteiger partial charge in [0.25, 0.3) is 11.8 Å². The van der Waals surface area contributed by atoms with Crippen LogP contribution in [0.4, 0.5) is 4.79 Å². The Morgan fingerprint density at radius 3 is 1.41 bits per heavy atom. The van der Waals surface area contributed by atoms with Crippen LogP contribution in [-0.2, 0) is 9.59 Å². The summed E-state index contributed by atoms with van der Waals surface area (Å²) in [4.78, 5) is 42.9. The summed E-state index contributed by atoms with van der Waals surface area (Å²) in [5, 5.41) is 0. The molecule has 0 spiro atoms. The fourth-order valence-corrected chi connectivity index (χ4v) is 5.74. The fourth-order valence-electron chi connectivity index (χ4n) is 3.78. The molecule has 1 aliphatic heterocycles. The van der Waals surface area contributed by atoms with Gasteiger partial charge in [-0.3, -0.25) is 9.59 Å². The summed E-state index contributed by atoms with van der Waals surface area (Å²) in [5.41, 5.74) is 1.79. The van der Waals surface area contributed by atoms with Gasteiger partial charge in [-0.05, 0) is 71.4 Å². The molecule has 4 aromatic carbocycles. The maximum atomic E-state index is 14.0. The molecular weight excluding hydrogens is 568 g/mol.